The second-order valence-corrected chi connectivity index (χ2v) is 5.34. The number of aliphatic hydroxyl groups is 1. The minimum Gasteiger partial charge on any atom is -0.385 e. The van der Waals surface area contributed by atoms with E-state index in [0.29, 0.717) is 15.6 Å². The van der Waals surface area contributed by atoms with E-state index in [4.69, 9.17) is 0 Å². The lowest BCUT2D eigenvalue weighted by Gasteiger charge is -2.23. The zero-order chi connectivity index (χ0) is 13.2. The first-order valence-electron chi connectivity index (χ1n) is 5.56. The number of hydrogen-bond acceptors (Lipinski definition) is 2. The number of pyridine rings is 1. The van der Waals surface area contributed by atoms with Crippen LogP contribution in [0.15, 0.2) is 47.2 Å². The number of benzene rings is 1. The Morgan fingerprint density at radius 3 is 2.78 bits per heavy atom. The van der Waals surface area contributed by atoms with E-state index in [-0.39, 0.29) is 12.2 Å². The summed E-state index contributed by atoms with van der Waals surface area (Å²) in [6.45, 7) is 1.66. The maximum atomic E-state index is 13.7. The van der Waals surface area contributed by atoms with Crippen LogP contribution in [-0.4, -0.2) is 10.1 Å². The Hall–Kier alpha value is -1.26. The van der Waals surface area contributed by atoms with Crippen molar-refractivity contribution in [2.24, 2.45) is 0 Å². The predicted molar refractivity (Wildman–Crippen MR) is 71.6 cm³/mol. The molecule has 0 amide bonds. The highest BCUT2D eigenvalue weighted by Gasteiger charge is 2.25. The molecule has 1 atom stereocenters. The van der Waals surface area contributed by atoms with Gasteiger partial charge in [-0.05, 0) is 30.7 Å². The van der Waals surface area contributed by atoms with E-state index in [1.165, 1.54) is 6.07 Å². The summed E-state index contributed by atoms with van der Waals surface area (Å²) in [6.07, 6.45) is 3.44. The van der Waals surface area contributed by atoms with Gasteiger partial charge in [0, 0.05) is 28.9 Å². The van der Waals surface area contributed by atoms with E-state index >= 15 is 0 Å². The van der Waals surface area contributed by atoms with Gasteiger partial charge in [-0.1, -0.05) is 28.1 Å². The predicted octanol–water partition coefficient (Wildman–Crippen LogP) is 3.43. The molecule has 1 aromatic carbocycles. The minimum atomic E-state index is -1.14. The highest BCUT2D eigenvalue weighted by molar-refractivity contribution is 9.10. The first-order chi connectivity index (χ1) is 8.49. The van der Waals surface area contributed by atoms with Crippen LogP contribution < -0.4 is 0 Å². The van der Waals surface area contributed by atoms with Crippen molar-refractivity contribution in [3.05, 3.63) is 64.1 Å². The molecule has 94 valence electrons. The van der Waals surface area contributed by atoms with Gasteiger partial charge in [-0.2, -0.15) is 0 Å². The van der Waals surface area contributed by atoms with Gasteiger partial charge in [0.25, 0.3) is 0 Å². The molecule has 1 heterocycles. The first-order valence-corrected chi connectivity index (χ1v) is 6.35. The van der Waals surface area contributed by atoms with Crippen molar-refractivity contribution in [2.75, 3.05) is 0 Å². The summed E-state index contributed by atoms with van der Waals surface area (Å²) in [5.41, 5.74) is 0.0162. The lowest BCUT2D eigenvalue weighted by Crippen LogP contribution is -2.24. The second-order valence-electron chi connectivity index (χ2n) is 4.43. The van der Waals surface area contributed by atoms with Crippen molar-refractivity contribution in [3.63, 3.8) is 0 Å². The van der Waals surface area contributed by atoms with E-state index in [0.717, 1.165) is 0 Å². The number of aromatic nitrogens is 1. The van der Waals surface area contributed by atoms with Crippen LogP contribution in [0.25, 0.3) is 0 Å². The molecule has 0 aliphatic heterocycles. The van der Waals surface area contributed by atoms with Gasteiger partial charge in [-0.25, -0.2) is 4.39 Å². The van der Waals surface area contributed by atoms with Gasteiger partial charge >= 0.3 is 0 Å². The molecule has 0 aliphatic carbocycles. The Bertz CT molecular complexity index is 543. The second kappa shape index (κ2) is 5.16. The Labute approximate surface area is 114 Å². The summed E-state index contributed by atoms with van der Waals surface area (Å²) in [6, 6.07) is 8.36. The van der Waals surface area contributed by atoms with Crippen LogP contribution in [0.3, 0.4) is 0 Å². The molecule has 0 spiro atoms. The summed E-state index contributed by atoms with van der Waals surface area (Å²) in [5, 5.41) is 10.4. The molecule has 1 aromatic heterocycles. The number of halogens is 2. The third-order valence-electron chi connectivity index (χ3n) is 2.83. The quantitative estimate of drug-likeness (QED) is 0.942. The van der Waals surface area contributed by atoms with Crippen LogP contribution in [0.5, 0.6) is 0 Å². The average molecular weight is 310 g/mol. The van der Waals surface area contributed by atoms with E-state index < -0.39 is 5.60 Å². The van der Waals surface area contributed by atoms with E-state index in [1.807, 2.05) is 0 Å². The molecule has 0 fully saturated rings. The third kappa shape index (κ3) is 2.94. The molecule has 1 N–H and O–H groups in total. The van der Waals surface area contributed by atoms with Gasteiger partial charge in [-0.15, -0.1) is 0 Å². The molecule has 2 nitrogen and oxygen atoms in total. The molecule has 0 saturated carbocycles. The van der Waals surface area contributed by atoms with Crippen molar-refractivity contribution >= 4 is 15.9 Å². The maximum Gasteiger partial charge on any atom is 0.127 e. The van der Waals surface area contributed by atoms with Gasteiger partial charge in [0.15, 0.2) is 0 Å². The Morgan fingerprint density at radius 2 is 2.17 bits per heavy atom. The topological polar surface area (TPSA) is 33.1 Å². The van der Waals surface area contributed by atoms with E-state index in [2.05, 4.69) is 20.9 Å². The molecule has 18 heavy (non-hydrogen) atoms. The lowest BCUT2D eigenvalue weighted by atomic mass is 9.90. The number of nitrogens with zero attached hydrogens (tertiary/aromatic N) is 1. The van der Waals surface area contributed by atoms with Crippen molar-refractivity contribution < 1.29 is 9.50 Å². The van der Waals surface area contributed by atoms with Gasteiger partial charge in [0.1, 0.15) is 5.82 Å². The molecule has 0 radical (unpaired) electrons. The van der Waals surface area contributed by atoms with Crippen molar-refractivity contribution in [2.45, 2.75) is 18.9 Å². The van der Waals surface area contributed by atoms with Crippen molar-refractivity contribution in [1.82, 2.24) is 4.98 Å². The molecular formula is C14H13BrFNO. The Morgan fingerprint density at radius 1 is 1.39 bits per heavy atom. The highest BCUT2D eigenvalue weighted by atomic mass is 79.9. The maximum absolute atomic E-state index is 13.7. The van der Waals surface area contributed by atoms with Gasteiger partial charge in [-0.3, -0.25) is 4.98 Å². The summed E-state index contributed by atoms with van der Waals surface area (Å²) >= 11 is 3.21. The lowest BCUT2D eigenvalue weighted by molar-refractivity contribution is 0.0563. The molecule has 0 bridgehead atoms. The Kier molecular flexibility index (Phi) is 3.78. The molecule has 1 unspecified atom stereocenters. The summed E-state index contributed by atoms with van der Waals surface area (Å²) in [7, 11) is 0. The molecular weight excluding hydrogens is 297 g/mol. The third-order valence-corrected chi connectivity index (χ3v) is 3.33. The SMILES string of the molecule is CC(O)(Cc1ccc(Br)cc1F)c1cccnc1. The largest absolute Gasteiger partial charge is 0.385 e. The fraction of sp³-hybridized carbons (Fsp3) is 0.214. The average Bonchev–Trinajstić information content (AvgIpc) is 2.34. The van der Waals surface area contributed by atoms with E-state index in [9.17, 15) is 9.50 Å². The van der Waals surface area contributed by atoms with Crippen LogP contribution in [0.1, 0.15) is 18.1 Å². The highest BCUT2D eigenvalue weighted by Crippen LogP contribution is 2.26. The summed E-state index contributed by atoms with van der Waals surface area (Å²) < 4.78 is 14.4. The first kappa shape index (κ1) is 13.2. The molecule has 0 aliphatic rings. The van der Waals surface area contributed by atoms with E-state index in [1.54, 1.807) is 43.6 Å². The smallest absolute Gasteiger partial charge is 0.127 e. The zero-order valence-corrected chi connectivity index (χ0v) is 11.5. The molecule has 2 aromatic rings. The zero-order valence-electron chi connectivity index (χ0n) is 9.90. The minimum absolute atomic E-state index is 0.206. The van der Waals surface area contributed by atoms with Crippen LogP contribution in [0.4, 0.5) is 4.39 Å². The standard InChI is InChI=1S/C14H13BrFNO/c1-14(18,11-3-2-6-17-9-11)8-10-4-5-12(15)7-13(10)16/h2-7,9,18H,8H2,1H3. The monoisotopic (exact) mass is 309 g/mol. The van der Waals surface area contributed by atoms with Gasteiger partial charge < -0.3 is 5.11 Å². The van der Waals surface area contributed by atoms with Gasteiger partial charge in [0.2, 0.25) is 0 Å². The van der Waals surface area contributed by atoms with Crippen molar-refractivity contribution in [3.8, 4) is 0 Å². The number of rotatable bonds is 3. The van der Waals surface area contributed by atoms with Crippen molar-refractivity contribution in [1.29, 1.82) is 0 Å². The molecule has 2 rings (SSSR count). The van der Waals surface area contributed by atoms with Gasteiger partial charge in [0.05, 0.1) is 5.60 Å². The Balaban J connectivity index is 2.28. The summed E-state index contributed by atoms with van der Waals surface area (Å²) in [4.78, 5) is 3.97. The van der Waals surface area contributed by atoms with Crippen LogP contribution in [-0.2, 0) is 12.0 Å². The van der Waals surface area contributed by atoms with Crippen LogP contribution in [0, 0.1) is 5.82 Å². The summed E-state index contributed by atoms with van der Waals surface area (Å²) in [5.74, 6) is -0.325. The normalized spacial score (nSPS) is 14.2. The van der Waals surface area contributed by atoms with Crippen LogP contribution >= 0.6 is 15.9 Å². The van der Waals surface area contributed by atoms with Crippen LogP contribution in [0.2, 0.25) is 0 Å². The molecule has 4 heteroatoms. The number of hydrogen-bond donors (Lipinski definition) is 1. The molecule has 0 saturated heterocycles. The fourth-order valence-electron chi connectivity index (χ4n) is 1.82. The fourth-order valence-corrected chi connectivity index (χ4v) is 2.15.